The maximum atomic E-state index is 5.22. The van der Waals surface area contributed by atoms with Crippen LogP contribution in [0.3, 0.4) is 0 Å². The van der Waals surface area contributed by atoms with E-state index in [1.54, 1.807) is 0 Å². The third kappa shape index (κ3) is 4.05. The van der Waals surface area contributed by atoms with Crippen molar-refractivity contribution in [1.29, 1.82) is 0 Å². The minimum atomic E-state index is -0.141. The van der Waals surface area contributed by atoms with E-state index in [0.717, 1.165) is 11.2 Å². The topological polar surface area (TPSA) is 12.9 Å². The van der Waals surface area contributed by atoms with Gasteiger partial charge in [-0.05, 0) is 96.4 Å². The molecule has 8 aromatic rings. The van der Waals surface area contributed by atoms with Crippen LogP contribution in [0, 0.1) is 0 Å². The molecular weight excluding hydrogens is 542 g/mol. The van der Waals surface area contributed by atoms with E-state index in [4.69, 9.17) is 4.98 Å². The third-order valence-electron chi connectivity index (χ3n) is 9.78. The van der Waals surface area contributed by atoms with Gasteiger partial charge in [0.15, 0.2) is 0 Å². The predicted octanol–water partition coefficient (Wildman–Crippen LogP) is 11.8. The molecule has 1 heteroatoms. The molecule has 1 aliphatic carbocycles. The van der Waals surface area contributed by atoms with E-state index in [0.29, 0.717) is 0 Å². The van der Waals surface area contributed by atoms with Crippen molar-refractivity contribution in [3.63, 3.8) is 0 Å². The lowest BCUT2D eigenvalue weighted by atomic mass is 9.78. The van der Waals surface area contributed by atoms with Gasteiger partial charge in [0.1, 0.15) is 0 Å². The zero-order chi connectivity index (χ0) is 30.1. The molecule has 0 spiro atoms. The van der Waals surface area contributed by atoms with Gasteiger partial charge in [-0.2, -0.15) is 0 Å². The Kier molecular flexibility index (Phi) is 5.61. The first-order chi connectivity index (χ1) is 22.0. The molecule has 45 heavy (non-hydrogen) atoms. The van der Waals surface area contributed by atoms with Gasteiger partial charge in [-0.15, -0.1) is 0 Å². The van der Waals surface area contributed by atoms with Gasteiger partial charge in [0.05, 0.1) is 11.2 Å². The Morgan fingerprint density at radius 2 is 1.04 bits per heavy atom. The molecule has 0 radical (unpaired) electrons. The molecule has 0 amide bonds. The van der Waals surface area contributed by atoms with E-state index in [1.165, 1.54) is 77.0 Å². The molecule has 0 N–H and O–H groups in total. The Labute approximate surface area is 263 Å². The van der Waals surface area contributed by atoms with Crippen LogP contribution in [0.5, 0.6) is 0 Å². The Hall–Kier alpha value is -5.53. The standard InChI is InChI=1S/C44H31N/c1-44(2)39-16-7-5-14-37(39)43-42(44)41(38-15-6-8-17-40(38)45-43)29-20-18-28(19-21-29)30-12-9-13-33(24-30)34-22-23-35-25-31-10-3-4-11-32(31)26-36(35)27-34/h3-27H,1-2H3. The van der Waals surface area contributed by atoms with Crippen LogP contribution in [0.1, 0.15) is 25.0 Å². The highest BCUT2D eigenvalue weighted by Gasteiger charge is 2.39. The fraction of sp³-hybridized carbons (Fsp3) is 0.0682. The lowest BCUT2D eigenvalue weighted by molar-refractivity contribution is 0.662. The fourth-order valence-electron chi connectivity index (χ4n) is 7.51. The van der Waals surface area contributed by atoms with Gasteiger partial charge in [-0.1, -0.05) is 135 Å². The Bertz CT molecular complexity index is 2450. The number of pyridine rings is 1. The third-order valence-corrected chi connectivity index (χ3v) is 9.78. The van der Waals surface area contributed by atoms with E-state index in [9.17, 15) is 0 Å². The Morgan fingerprint density at radius 3 is 1.87 bits per heavy atom. The summed E-state index contributed by atoms with van der Waals surface area (Å²) in [4.78, 5) is 5.22. The monoisotopic (exact) mass is 573 g/mol. The molecule has 1 aromatic heterocycles. The van der Waals surface area contributed by atoms with Crippen LogP contribution < -0.4 is 0 Å². The molecule has 212 valence electrons. The van der Waals surface area contributed by atoms with Crippen molar-refractivity contribution in [1.82, 2.24) is 4.98 Å². The van der Waals surface area contributed by atoms with Crippen LogP contribution in [0.2, 0.25) is 0 Å². The van der Waals surface area contributed by atoms with Crippen LogP contribution in [0.4, 0.5) is 0 Å². The van der Waals surface area contributed by atoms with Crippen molar-refractivity contribution in [3.05, 3.63) is 163 Å². The first-order valence-corrected chi connectivity index (χ1v) is 15.7. The summed E-state index contributed by atoms with van der Waals surface area (Å²) >= 11 is 0. The first kappa shape index (κ1) is 25.9. The predicted molar refractivity (Wildman–Crippen MR) is 191 cm³/mol. The summed E-state index contributed by atoms with van der Waals surface area (Å²) in [7, 11) is 0. The number of aromatic nitrogens is 1. The molecule has 0 saturated heterocycles. The van der Waals surface area contributed by atoms with Crippen LogP contribution >= 0.6 is 0 Å². The summed E-state index contributed by atoms with van der Waals surface area (Å²) in [5.41, 5.74) is 13.3. The molecule has 7 aromatic carbocycles. The number of nitrogens with zero attached hydrogens (tertiary/aromatic N) is 1. The molecular formula is C44H31N. The fourth-order valence-corrected chi connectivity index (χ4v) is 7.51. The normalized spacial score (nSPS) is 13.3. The molecule has 0 saturated carbocycles. The quantitative estimate of drug-likeness (QED) is 0.192. The highest BCUT2D eigenvalue weighted by atomic mass is 14.7. The van der Waals surface area contributed by atoms with Gasteiger partial charge in [-0.25, -0.2) is 4.98 Å². The lowest BCUT2D eigenvalue weighted by Gasteiger charge is -2.25. The number of para-hydroxylation sites is 1. The van der Waals surface area contributed by atoms with Gasteiger partial charge in [0.25, 0.3) is 0 Å². The summed E-state index contributed by atoms with van der Waals surface area (Å²) in [6, 6.07) is 55.4. The summed E-state index contributed by atoms with van der Waals surface area (Å²) in [6.45, 7) is 4.68. The van der Waals surface area contributed by atoms with Crippen molar-refractivity contribution >= 4 is 32.4 Å². The maximum absolute atomic E-state index is 5.22. The second-order valence-electron chi connectivity index (χ2n) is 12.8. The van der Waals surface area contributed by atoms with E-state index in [-0.39, 0.29) is 5.41 Å². The second kappa shape index (κ2) is 9.74. The smallest absolute Gasteiger partial charge is 0.0759 e. The maximum Gasteiger partial charge on any atom is 0.0759 e. The van der Waals surface area contributed by atoms with E-state index < -0.39 is 0 Å². The molecule has 0 atom stereocenters. The van der Waals surface area contributed by atoms with Gasteiger partial charge < -0.3 is 0 Å². The summed E-state index contributed by atoms with van der Waals surface area (Å²) in [5.74, 6) is 0. The number of fused-ring (bicyclic) bond motifs is 6. The van der Waals surface area contributed by atoms with Gasteiger partial charge in [-0.3, -0.25) is 0 Å². The van der Waals surface area contributed by atoms with Crippen molar-refractivity contribution in [2.45, 2.75) is 19.3 Å². The van der Waals surface area contributed by atoms with E-state index in [2.05, 4.69) is 166 Å². The van der Waals surface area contributed by atoms with Gasteiger partial charge in [0, 0.05) is 16.4 Å². The number of hydrogen-bond donors (Lipinski definition) is 0. The molecule has 0 aliphatic heterocycles. The first-order valence-electron chi connectivity index (χ1n) is 15.7. The largest absolute Gasteiger partial charge is 0.247 e. The van der Waals surface area contributed by atoms with Crippen molar-refractivity contribution in [2.24, 2.45) is 0 Å². The van der Waals surface area contributed by atoms with Crippen LogP contribution in [0.25, 0.3) is 77.1 Å². The molecule has 1 nitrogen and oxygen atoms in total. The van der Waals surface area contributed by atoms with Crippen LogP contribution in [-0.4, -0.2) is 4.98 Å². The second-order valence-corrected chi connectivity index (χ2v) is 12.8. The molecule has 1 aliphatic rings. The molecule has 0 unspecified atom stereocenters. The van der Waals surface area contributed by atoms with E-state index in [1.807, 2.05) is 0 Å². The summed E-state index contributed by atoms with van der Waals surface area (Å²) < 4.78 is 0. The molecule has 0 bridgehead atoms. The van der Waals surface area contributed by atoms with Crippen LogP contribution in [0.15, 0.2) is 152 Å². The zero-order valence-electron chi connectivity index (χ0n) is 25.4. The average Bonchev–Trinajstić information content (AvgIpc) is 3.32. The van der Waals surface area contributed by atoms with Crippen molar-refractivity contribution < 1.29 is 0 Å². The summed E-state index contributed by atoms with van der Waals surface area (Å²) in [5, 5.41) is 6.29. The highest BCUT2D eigenvalue weighted by Crippen LogP contribution is 2.53. The van der Waals surface area contributed by atoms with Crippen molar-refractivity contribution in [2.75, 3.05) is 0 Å². The number of rotatable bonds is 3. The average molecular weight is 574 g/mol. The SMILES string of the molecule is CC1(C)c2ccccc2-c2nc3ccccc3c(-c3ccc(-c4cccc(-c5ccc6cc7ccccc7cc6c5)c4)cc3)c21. The van der Waals surface area contributed by atoms with Gasteiger partial charge in [0.2, 0.25) is 0 Å². The van der Waals surface area contributed by atoms with Crippen LogP contribution in [-0.2, 0) is 5.41 Å². The van der Waals surface area contributed by atoms with Crippen molar-refractivity contribution in [3.8, 4) is 44.6 Å². The molecule has 0 fully saturated rings. The minimum Gasteiger partial charge on any atom is -0.247 e. The van der Waals surface area contributed by atoms with E-state index >= 15 is 0 Å². The lowest BCUT2D eigenvalue weighted by Crippen LogP contribution is -2.16. The summed E-state index contributed by atoms with van der Waals surface area (Å²) in [6.07, 6.45) is 0. The number of benzene rings is 7. The minimum absolute atomic E-state index is 0.141. The molecule has 9 rings (SSSR count). The Balaban J connectivity index is 1.13. The Morgan fingerprint density at radius 1 is 0.444 bits per heavy atom. The van der Waals surface area contributed by atoms with Gasteiger partial charge >= 0.3 is 0 Å². The number of hydrogen-bond acceptors (Lipinski definition) is 1. The zero-order valence-corrected chi connectivity index (χ0v) is 25.4. The highest BCUT2D eigenvalue weighted by molar-refractivity contribution is 6.03. The molecule has 1 heterocycles.